The van der Waals surface area contributed by atoms with Gasteiger partial charge < -0.3 is 19.9 Å². The molecule has 0 radical (unpaired) electrons. The Morgan fingerprint density at radius 1 is 1.05 bits per heavy atom. The lowest BCUT2D eigenvalue weighted by Gasteiger charge is -2.33. The first-order valence-corrected chi connectivity index (χ1v) is 15.1. The molecule has 1 atom stereocenters. The smallest absolute Gasteiger partial charge is 0.335 e. The van der Waals surface area contributed by atoms with Crippen LogP contribution in [0.2, 0.25) is 0 Å². The molecular weight excluding hydrogens is 560 g/mol. The van der Waals surface area contributed by atoms with Crippen LogP contribution in [0.25, 0.3) is 0 Å². The molecule has 0 saturated carbocycles. The number of thiophene rings is 1. The van der Waals surface area contributed by atoms with Crippen molar-refractivity contribution in [2.24, 2.45) is 16.3 Å². The second kappa shape index (κ2) is 12.8. The average Bonchev–Trinajstić information content (AvgIpc) is 3.37. The molecule has 3 aromatic carbocycles. The van der Waals surface area contributed by atoms with Gasteiger partial charge in [-0.15, -0.1) is 11.3 Å². The number of nitrogens with zero attached hydrogens (tertiary/aromatic N) is 1. The Balaban J connectivity index is 1.39. The van der Waals surface area contributed by atoms with Crippen LogP contribution in [0.15, 0.2) is 77.8 Å². The van der Waals surface area contributed by atoms with Gasteiger partial charge in [-0.25, -0.2) is 9.79 Å². The SMILES string of the molecule is COc1cc(C=Nc2sc3c(c2C(=O)Nc2ccccc2)CC[C@H](C(C)(C)C)C3)ccc1OCc1cccc(C(=O)O)c1. The second-order valence-corrected chi connectivity index (χ2v) is 12.9. The van der Waals surface area contributed by atoms with Crippen LogP contribution in [0.5, 0.6) is 11.5 Å². The van der Waals surface area contributed by atoms with Crippen molar-refractivity contribution >= 4 is 40.1 Å². The number of carboxylic acid groups (broad SMARTS) is 1. The van der Waals surface area contributed by atoms with Crippen LogP contribution < -0.4 is 14.8 Å². The number of carbonyl (C=O) groups excluding carboxylic acids is 1. The van der Waals surface area contributed by atoms with E-state index in [0.717, 1.165) is 41.6 Å². The Hall–Kier alpha value is -4.43. The maximum Gasteiger partial charge on any atom is 0.335 e. The van der Waals surface area contributed by atoms with Gasteiger partial charge >= 0.3 is 5.97 Å². The van der Waals surface area contributed by atoms with E-state index in [1.54, 1.807) is 48.9 Å². The zero-order chi connectivity index (χ0) is 30.6. The van der Waals surface area contributed by atoms with Crippen LogP contribution in [0.3, 0.4) is 0 Å². The fourth-order valence-electron chi connectivity index (χ4n) is 5.32. The number of rotatable bonds is 9. The first kappa shape index (κ1) is 30.0. The summed E-state index contributed by atoms with van der Waals surface area (Å²) in [7, 11) is 1.57. The zero-order valence-electron chi connectivity index (χ0n) is 24.8. The highest BCUT2D eigenvalue weighted by molar-refractivity contribution is 7.16. The van der Waals surface area contributed by atoms with E-state index in [0.29, 0.717) is 28.0 Å². The fraction of sp³-hybridized carbons (Fsp3) is 0.286. The van der Waals surface area contributed by atoms with Crippen molar-refractivity contribution < 1.29 is 24.2 Å². The lowest BCUT2D eigenvalue weighted by atomic mass is 9.72. The predicted octanol–water partition coefficient (Wildman–Crippen LogP) is 8.19. The van der Waals surface area contributed by atoms with Crippen molar-refractivity contribution in [3.63, 3.8) is 0 Å². The van der Waals surface area contributed by atoms with Crippen molar-refractivity contribution in [2.75, 3.05) is 12.4 Å². The number of hydrogen-bond acceptors (Lipinski definition) is 6. The summed E-state index contributed by atoms with van der Waals surface area (Å²) in [5, 5.41) is 13.0. The van der Waals surface area contributed by atoms with Gasteiger partial charge in [0.1, 0.15) is 11.6 Å². The average molecular weight is 597 g/mol. The van der Waals surface area contributed by atoms with Gasteiger partial charge in [0.25, 0.3) is 5.91 Å². The molecule has 0 bridgehead atoms. The standard InChI is InChI=1S/C35H36N2O5S/c1-35(2,3)25-14-15-27-30(19-25)43-33(31(27)32(38)37-26-11-6-5-7-12-26)36-20-22-13-16-28(29(18-22)41-4)42-21-23-9-8-10-24(17-23)34(39)40/h5-13,16-18,20,25H,14-15,19,21H2,1-4H3,(H,37,38)(H,39,40)/t25-/m0/s1. The zero-order valence-corrected chi connectivity index (χ0v) is 25.7. The minimum atomic E-state index is -0.982. The number of para-hydroxylation sites is 1. The number of aliphatic imine (C=N–C) groups is 1. The van der Waals surface area contributed by atoms with Crippen LogP contribution in [0, 0.1) is 11.3 Å². The lowest BCUT2D eigenvalue weighted by molar-refractivity contribution is 0.0696. The summed E-state index contributed by atoms with van der Waals surface area (Å²) < 4.78 is 11.5. The first-order chi connectivity index (χ1) is 20.6. The molecule has 43 heavy (non-hydrogen) atoms. The van der Waals surface area contributed by atoms with Crippen LogP contribution in [0.4, 0.5) is 10.7 Å². The van der Waals surface area contributed by atoms with Gasteiger partial charge in [-0.05, 0) is 89.8 Å². The predicted molar refractivity (Wildman–Crippen MR) is 172 cm³/mol. The highest BCUT2D eigenvalue weighted by Crippen LogP contribution is 2.45. The van der Waals surface area contributed by atoms with Gasteiger partial charge in [0.05, 0.1) is 18.2 Å². The number of aromatic carboxylic acids is 1. The quantitative estimate of drug-likeness (QED) is 0.190. The number of amides is 1. The molecule has 4 aromatic rings. The number of nitrogens with one attached hydrogen (secondary N) is 1. The van der Waals surface area contributed by atoms with E-state index < -0.39 is 5.97 Å². The van der Waals surface area contributed by atoms with Gasteiger partial charge in [0.15, 0.2) is 11.5 Å². The number of anilines is 1. The van der Waals surface area contributed by atoms with E-state index in [2.05, 4.69) is 26.1 Å². The van der Waals surface area contributed by atoms with Crippen molar-refractivity contribution in [1.82, 2.24) is 0 Å². The Morgan fingerprint density at radius 2 is 1.84 bits per heavy atom. The van der Waals surface area contributed by atoms with E-state index in [1.165, 1.54) is 4.88 Å². The van der Waals surface area contributed by atoms with Gasteiger partial charge in [-0.3, -0.25) is 4.79 Å². The molecule has 0 saturated heterocycles. The molecule has 7 nitrogen and oxygen atoms in total. The van der Waals surface area contributed by atoms with Crippen LogP contribution in [-0.4, -0.2) is 30.3 Å². The van der Waals surface area contributed by atoms with Gasteiger partial charge in [-0.2, -0.15) is 0 Å². The minimum Gasteiger partial charge on any atom is -0.493 e. The summed E-state index contributed by atoms with van der Waals surface area (Å²) in [4.78, 5) is 31.0. The van der Waals surface area contributed by atoms with Crippen LogP contribution in [-0.2, 0) is 19.4 Å². The molecule has 0 spiro atoms. The molecule has 1 amide bonds. The van der Waals surface area contributed by atoms with E-state index in [1.807, 2.05) is 48.5 Å². The Morgan fingerprint density at radius 3 is 2.56 bits per heavy atom. The Bertz CT molecular complexity index is 1650. The normalized spacial score (nSPS) is 14.7. The van der Waals surface area contributed by atoms with Crippen molar-refractivity contribution in [1.29, 1.82) is 0 Å². The van der Waals surface area contributed by atoms with E-state index in [9.17, 15) is 14.7 Å². The van der Waals surface area contributed by atoms with Crippen LogP contribution >= 0.6 is 11.3 Å². The monoisotopic (exact) mass is 596 g/mol. The van der Waals surface area contributed by atoms with E-state index in [-0.39, 0.29) is 23.5 Å². The number of fused-ring (bicyclic) bond motifs is 1. The number of methoxy groups -OCH3 is 1. The molecule has 1 aliphatic carbocycles. The largest absolute Gasteiger partial charge is 0.493 e. The fourth-order valence-corrected chi connectivity index (χ4v) is 6.59. The van der Waals surface area contributed by atoms with Crippen molar-refractivity contribution in [3.8, 4) is 11.5 Å². The molecule has 1 aromatic heterocycles. The highest BCUT2D eigenvalue weighted by atomic mass is 32.1. The molecule has 0 unspecified atom stereocenters. The van der Waals surface area contributed by atoms with Crippen molar-refractivity contribution in [3.05, 3.63) is 105 Å². The number of hydrogen-bond donors (Lipinski definition) is 2. The van der Waals surface area contributed by atoms with Gasteiger partial charge in [0.2, 0.25) is 0 Å². The van der Waals surface area contributed by atoms with E-state index in [4.69, 9.17) is 14.5 Å². The van der Waals surface area contributed by atoms with Crippen LogP contribution in [0.1, 0.15) is 69.5 Å². The number of benzene rings is 3. The molecule has 1 heterocycles. The summed E-state index contributed by atoms with van der Waals surface area (Å²) in [5.74, 6) is 0.480. The Labute approximate surface area is 256 Å². The molecular formula is C35H36N2O5S. The summed E-state index contributed by atoms with van der Waals surface area (Å²) in [6.07, 6.45) is 4.59. The second-order valence-electron chi connectivity index (χ2n) is 11.8. The molecule has 0 fully saturated rings. The molecule has 5 rings (SSSR count). The highest BCUT2D eigenvalue weighted by Gasteiger charge is 2.33. The molecule has 2 N–H and O–H groups in total. The number of carboxylic acids is 1. The third kappa shape index (κ3) is 7.14. The maximum atomic E-state index is 13.6. The number of ether oxygens (including phenoxy) is 2. The maximum absolute atomic E-state index is 13.6. The van der Waals surface area contributed by atoms with E-state index >= 15 is 0 Å². The number of carbonyl (C=O) groups is 2. The lowest BCUT2D eigenvalue weighted by Crippen LogP contribution is -2.27. The minimum absolute atomic E-state index is 0.140. The third-order valence-electron chi connectivity index (χ3n) is 7.82. The third-order valence-corrected chi connectivity index (χ3v) is 8.98. The van der Waals surface area contributed by atoms with Gasteiger partial charge in [-0.1, -0.05) is 51.1 Å². The van der Waals surface area contributed by atoms with Crippen molar-refractivity contribution in [2.45, 2.75) is 46.6 Å². The Kier molecular flexibility index (Phi) is 8.97. The summed E-state index contributed by atoms with van der Waals surface area (Å²) in [5.41, 5.74) is 4.45. The summed E-state index contributed by atoms with van der Waals surface area (Å²) >= 11 is 1.61. The molecule has 222 valence electrons. The van der Waals surface area contributed by atoms with Gasteiger partial charge in [0, 0.05) is 16.8 Å². The summed E-state index contributed by atoms with van der Waals surface area (Å²) in [6, 6.07) is 21.6. The topological polar surface area (TPSA) is 97.2 Å². The first-order valence-electron chi connectivity index (χ1n) is 14.3. The molecule has 8 heteroatoms. The molecule has 1 aliphatic rings. The summed E-state index contributed by atoms with van der Waals surface area (Å²) in [6.45, 7) is 7.05. The molecule has 0 aliphatic heterocycles.